The highest BCUT2D eigenvalue weighted by atomic mass is 16.6. The van der Waals surface area contributed by atoms with Crippen LogP contribution in [0.3, 0.4) is 0 Å². The third kappa shape index (κ3) is 4.85. The number of hydrogen-bond acceptors (Lipinski definition) is 8. The number of ether oxygens (including phenoxy) is 4. The van der Waals surface area contributed by atoms with Crippen LogP contribution in [-0.2, 0) is 0 Å². The molecular formula is C19H22N2O8. The van der Waals surface area contributed by atoms with Crippen molar-refractivity contribution in [3.63, 3.8) is 0 Å². The van der Waals surface area contributed by atoms with Crippen LogP contribution in [0.15, 0.2) is 30.3 Å². The number of rotatable bonds is 9. The van der Waals surface area contributed by atoms with E-state index in [1.165, 1.54) is 34.5 Å². The van der Waals surface area contributed by atoms with Crippen LogP contribution in [0.5, 0.6) is 23.0 Å². The van der Waals surface area contributed by atoms with Crippen LogP contribution in [0.25, 0.3) is 0 Å². The molecule has 10 heteroatoms. The van der Waals surface area contributed by atoms with Crippen LogP contribution < -0.4 is 24.3 Å². The predicted molar refractivity (Wildman–Crippen MR) is 103 cm³/mol. The summed E-state index contributed by atoms with van der Waals surface area (Å²) in [7, 11) is 5.64. The molecule has 156 valence electrons. The lowest BCUT2D eigenvalue weighted by Crippen LogP contribution is -2.29. The number of hydrogen-bond donors (Lipinski definition) is 2. The summed E-state index contributed by atoms with van der Waals surface area (Å²) in [6.45, 7) is -0.181. The highest BCUT2D eigenvalue weighted by Crippen LogP contribution is 2.34. The van der Waals surface area contributed by atoms with Crippen molar-refractivity contribution in [2.75, 3.05) is 35.0 Å². The standard InChI is InChI=1S/C19H22N2O8/c1-26-15-6-5-11(7-16(15)27-2)14(22)10-20-19(23)12-8-17(28-3)18(29-4)9-13(12)21(24)25/h5-9,14,22H,10H2,1-4H3,(H,20,23). The highest BCUT2D eigenvalue weighted by molar-refractivity contribution is 5.99. The van der Waals surface area contributed by atoms with Crippen molar-refractivity contribution in [3.8, 4) is 23.0 Å². The number of carbonyl (C=O) groups excluding carboxylic acids is 1. The first kappa shape index (κ1) is 21.8. The van der Waals surface area contributed by atoms with Gasteiger partial charge < -0.3 is 29.4 Å². The summed E-state index contributed by atoms with van der Waals surface area (Å²) in [6, 6.07) is 7.15. The predicted octanol–water partition coefficient (Wildman–Crippen LogP) is 2.09. The van der Waals surface area contributed by atoms with Crippen molar-refractivity contribution < 1.29 is 33.8 Å². The Hall–Kier alpha value is -3.53. The van der Waals surface area contributed by atoms with E-state index >= 15 is 0 Å². The Morgan fingerprint density at radius 1 is 1.00 bits per heavy atom. The summed E-state index contributed by atoms with van der Waals surface area (Å²) in [5.41, 5.74) is -0.183. The molecule has 1 unspecified atom stereocenters. The Bertz CT molecular complexity index is 900. The third-order valence-electron chi connectivity index (χ3n) is 4.19. The Labute approximate surface area is 167 Å². The Morgan fingerprint density at radius 2 is 1.55 bits per heavy atom. The van der Waals surface area contributed by atoms with Crippen molar-refractivity contribution >= 4 is 11.6 Å². The number of benzene rings is 2. The quantitative estimate of drug-likeness (QED) is 0.478. The van der Waals surface area contributed by atoms with Gasteiger partial charge in [0.25, 0.3) is 11.6 Å². The van der Waals surface area contributed by atoms with E-state index in [2.05, 4.69) is 5.32 Å². The summed E-state index contributed by atoms with van der Waals surface area (Å²) in [6.07, 6.45) is -1.07. The van der Waals surface area contributed by atoms with Crippen LogP contribution in [0.2, 0.25) is 0 Å². The van der Waals surface area contributed by atoms with Crippen LogP contribution in [0.4, 0.5) is 5.69 Å². The van der Waals surface area contributed by atoms with Gasteiger partial charge in [-0.25, -0.2) is 0 Å². The molecule has 2 N–H and O–H groups in total. The summed E-state index contributed by atoms with van der Waals surface area (Å²) in [4.78, 5) is 23.2. The molecule has 2 rings (SSSR count). The summed E-state index contributed by atoms with van der Waals surface area (Å²) in [5, 5.41) is 24.2. The number of nitrogens with zero attached hydrogens (tertiary/aromatic N) is 1. The molecule has 0 aliphatic heterocycles. The molecular weight excluding hydrogens is 384 g/mol. The minimum atomic E-state index is -1.07. The van der Waals surface area contributed by atoms with Gasteiger partial charge in [-0.3, -0.25) is 14.9 Å². The van der Waals surface area contributed by atoms with Gasteiger partial charge in [0.2, 0.25) is 0 Å². The Kier molecular flexibility index (Phi) is 7.21. The van der Waals surface area contributed by atoms with E-state index in [1.807, 2.05) is 0 Å². The lowest BCUT2D eigenvalue weighted by Gasteiger charge is -2.15. The number of nitro benzene ring substituents is 1. The summed E-state index contributed by atoms with van der Waals surface area (Å²) in [5.74, 6) is 0.473. The zero-order valence-electron chi connectivity index (χ0n) is 16.4. The molecule has 29 heavy (non-hydrogen) atoms. The number of carbonyl (C=O) groups is 1. The Morgan fingerprint density at radius 3 is 2.10 bits per heavy atom. The Balaban J connectivity index is 2.21. The number of aliphatic hydroxyl groups excluding tert-OH is 1. The molecule has 0 aliphatic rings. The lowest BCUT2D eigenvalue weighted by atomic mass is 10.1. The molecule has 2 aromatic carbocycles. The fourth-order valence-electron chi connectivity index (χ4n) is 2.66. The monoisotopic (exact) mass is 406 g/mol. The van der Waals surface area contributed by atoms with E-state index in [0.29, 0.717) is 17.1 Å². The molecule has 0 fully saturated rings. The molecule has 0 saturated heterocycles. The molecule has 1 amide bonds. The lowest BCUT2D eigenvalue weighted by molar-refractivity contribution is -0.385. The van der Waals surface area contributed by atoms with Crippen LogP contribution in [0, 0.1) is 10.1 Å². The molecule has 0 radical (unpaired) electrons. The molecule has 0 bridgehead atoms. The van der Waals surface area contributed by atoms with Gasteiger partial charge in [-0.2, -0.15) is 0 Å². The van der Waals surface area contributed by atoms with Gasteiger partial charge >= 0.3 is 0 Å². The smallest absolute Gasteiger partial charge is 0.286 e. The van der Waals surface area contributed by atoms with Crippen molar-refractivity contribution in [2.45, 2.75) is 6.10 Å². The second-order valence-electron chi connectivity index (χ2n) is 5.82. The first-order valence-corrected chi connectivity index (χ1v) is 8.44. The number of amides is 1. The number of nitrogens with one attached hydrogen (secondary N) is 1. The second-order valence-corrected chi connectivity index (χ2v) is 5.82. The molecule has 0 aromatic heterocycles. The third-order valence-corrected chi connectivity index (χ3v) is 4.19. The molecule has 2 aromatic rings. The van der Waals surface area contributed by atoms with Crippen molar-refractivity contribution in [2.24, 2.45) is 0 Å². The van der Waals surface area contributed by atoms with E-state index in [1.54, 1.807) is 18.2 Å². The second kappa shape index (κ2) is 9.60. The number of methoxy groups -OCH3 is 4. The van der Waals surface area contributed by atoms with Gasteiger partial charge in [-0.05, 0) is 17.7 Å². The zero-order valence-corrected chi connectivity index (χ0v) is 16.4. The van der Waals surface area contributed by atoms with E-state index in [-0.39, 0.29) is 23.6 Å². The summed E-state index contributed by atoms with van der Waals surface area (Å²) >= 11 is 0. The van der Waals surface area contributed by atoms with E-state index < -0.39 is 22.6 Å². The molecule has 0 saturated carbocycles. The average molecular weight is 406 g/mol. The topological polar surface area (TPSA) is 129 Å². The normalized spacial score (nSPS) is 11.3. The molecule has 0 heterocycles. The number of aliphatic hydroxyl groups is 1. The van der Waals surface area contributed by atoms with Gasteiger partial charge in [0.05, 0.1) is 45.5 Å². The van der Waals surface area contributed by atoms with E-state index in [4.69, 9.17) is 18.9 Å². The maximum atomic E-state index is 12.5. The maximum Gasteiger partial charge on any atom is 0.286 e. The van der Waals surface area contributed by atoms with E-state index in [0.717, 1.165) is 6.07 Å². The van der Waals surface area contributed by atoms with Crippen LogP contribution >= 0.6 is 0 Å². The fourth-order valence-corrected chi connectivity index (χ4v) is 2.66. The highest BCUT2D eigenvalue weighted by Gasteiger charge is 2.25. The van der Waals surface area contributed by atoms with Crippen molar-refractivity contribution in [1.29, 1.82) is 0 Å². The average Bonchev–Trinajstić information content (AvgIpc) is 2.75. The van der Waals surface area contributed by atoms with Gasteiger partial charge in [0.15, 0.2) is 23.0 Å². The van der Waals surface area contributed by atoms with Gasteiger partial charge in [0.1, 0.15) is 5.56 Å². The first-order chi connectivity index (χ1) is 13.9. The van der Waals surface area contributed by atoms with Crippen LogP contribution in [-0.4, -0.2) is 50.9 Å². The summed E-state index contributed by atoms with van der Waals surface area (Å²) < 4.78 is 20.5. The molecule has 0 aliphatic carbocycles. The first-order valence-electron chi connectivity index (χ1n) is 8.44. The molecule has 1 atom stereocenters. The van der Waals surface area contributed by atoms with E-state index in [9.17, 15) is 20.0 Å². The van der Waals surface area contributed by atoms with Gasteiger partial charge in [-0.15, -0.1) is 0 Å². The number of nitro groups is 1. The van der Waals surface area contributed by atoms with Crippen molar-refractivity contribution in [1.82, 2.24) is 5.32 Å². The largest absolute Gasteiger partial charge is 0.493 e. The van der Waals surface area contributed by atoms with Crippen molar-refractivity contribution in [3.05, 3.63) is 51.6 Å². The maximum absolute atomic E-state index is 12.5. The zero-order chi connectivity index (χ0) is 21.6. The van der Waals surface area contributed by atoms with Gasteiger partial charge in [0, 0.05) is 12.6 Å². The fraction of sp³-hybridized carbons (Fsp3) is 0.316. The molecule has 10 nitrogen and oxygen atoms in total. The van der Waals surface area contributed by atoms with Crippen LogP contribution in [0.1, 0.15) is 22.0 Å². The SMILES string of the molecule is COc1ccc(C(O)CNC(=O)c2cc(OC)c(OC)cc2[N+](=O)[O-])cc1OC. The minimum Gasteiger partial charge on any atom is -0.493 e. The molecule has 0 spiro atoms. The van der Waals surface area contributed by atoms with Gasteiger partial charge in [-0.1, -0.05) is 6.07 Å². The minimum absolute atomic E-state index is 0.126.